The second kappa shape index (κ2) is 10.2. The van der Waals surface area contributed by atoms with E-state index in [2.05, 4.69) is 4.99 Å². The maximum absolute atomic E-state index is 13.8. The highest BCUT2D eigenvalue weighted by Gasteiger charge is 2.35. The molecule has 0 aliphatic carbocycles. The van der Waals surface area contributed by atoms with Gasteiger partial charge in [0.15, 0.2) is 16.3 Å². The van der Waals surface area contributed by atoms with Crippen molar-refractivity contribution in [2.45, 2.75) is 19.9 Å². The molecule has 0 amide bonds. The molecular formula is C26H26N2O6S. The predicted octanol–water partition coefficient (Wildman–Crippen LogP) is 2.82. The minimum atomic E-state index is -0.754. The number of aromatic nitrogens is 1. The molecule has 0 spiro atoms. The summed E-state index contributed by atoms with van der Waals surface area (Å²) in [7, 11) is 4.66. The first-order chi connectivity index (χ1) is 16.9. The topological polar surface area (TPSA) is 88.4 Å². The summed E-state index contributed by atoms with van der Waals surface area (Å²) in [6.07, 6.45) is 1.74. The smallest absolute Gasteiger partial charge is 0.338 e. The van der Waals surface area contributed by atoms with E-state index in [0.29, 0.717) is 49.0 Å². The quantitative estimate of drug-likeness (QED) is 0.470. The molecule has 0 fully saturated rings. The predicted molar refractivity (Wildman–Crippen MR) is 133 cm³/mol. The van der Waals surface area contributed by atoms with Crippen LogP contribution >= 0.6 is 11.3 Å². The first-order valence-electron chi connectivity index (χ1n) is 11.0. The summed E-state index contributed by atoms with van der Waals surface area (Å²) in [5.41, 5.74) is 1.86. The van der Waals surface area contributed by atoms with Crippen LogP contribution in [0.5, 0.6) is 17.2 Å². The van der Waals surface area contributed by atoms with Crippen molar-refractivity contribution in [1.29, 1.82) is 0 Å². The Labute approximate surface area is 206 Å². The number of rotatable bonds is 7. The summed E-state index contributed by atoms with van der Waals surface area (Å²) in [6, 6.07) is 12.0. The van der Waals surface area contributed by atoms with E-state index in [1.54, 1.807) is 53.4 Å². The molecule has 0 saturated heterocycles. The van der Waals surface area contributed by atoms with Crippen LogP contribution in [0.25, 0.3) is 6.08 Å². The van der Waals surface area contributed by atoms with Crippen molar-refractivity contribution in [3.05, 3.63) is 84.5 Å². The van der Waals surface area contributed by atoms with E-state index in [1.807, 2.05) is 30.3 Å². The molecule has 182 valence electrons. The minimum Gasteiger partial charge on any atom is -0.496 e. The standard InChI is InChI=1S/C26H26N2O6S/c1-6-34-25(30)21-15(2)27-26-28(22(21)17-11-7-8-12-18(17)31-3)24(29)20(35-26)14-16-10-9-13-19(32-4)23(16)33-5/h7-14,22H,6H2,1-5H3/b20-14-/t22-/m1/s1. The van der Waals surface area contributed by atoms with Crippen LogP contribution in [0.3, 0.4) is 0 Å². The molecule has 0 saturated carbocycles. The van der Waals surface area contributed by atoms with E-state index >= 15 is 0 Å². The number of allylic oxidation sites excluding steroid dienone is 1. The Kier molecular flexibility index (Phi) is 7.07. The number of nitrogens with zero attached hydrogens (tertiary/aromatic N) is 2. The monoisotopic (exact) mass is 494 g/mol. The lowest BCUT2D eigenvalue weighted by atomic mass is 9.95. The molecule has 1 aliphatic heterocycles. The number of carbonyl (C=O) groups excluding carboxylic acids is 1. The van der Waals surface area contributed by atoms with Gasteiger partial charge in [-0.05, 0) is 32.1 Å². The molecule has 1 aliphatic rings. The van der Waals surface area contributed by atoms with E-state index < -0.39 is 12.0 Å². The summed E-state index contributed by atoms with van der Waals surface area (Å²) >= 11 is 1.24. The third-order valence-corrected chi connectivity index (χ3v) is 6.65. The number of methoxy groups -OCH3 is 3. The van der Waals surface area contributed by atoms with Crippen LogP contribution in [0, 0.1) is 0 Å². The van der Waals surface area contributed by atoms with Crippen LogP contribution in [0.1, 0.15) is 31.0 Å². The molecule has 4 rings (SSSR count). The van der Waals surface area contributed by atoms with E-state index in [9.17, 15) is 9.59 Å². The first-order valence-corrected chi connectivity index (χ1v) is 11.8. The van der Waals surface area contributed by atoms with Gasteiger partial charge in [-0.3, -0.25) is 9.36 Å². The molecular weight excluding hydrogens is 468 g/mol. The number of hydrogen-bond donors (Lipinski definition) is 0. The molecule has 0 N–H and O–H groups in total. The molecule has 1 atom stereocenters. The van der Waals surface area contributed by atoms with E-state index in [0.717, 1.165) is 0 Å². The third-order valence-electron chi connectivity index (χ3n) is 5.67. The fourth-order valence-electron chi connectivity index (χ4n) is 4.14. The molecule has 35 heavy (non-hydrogen) atoms. The van der Waals surface area contributed by atoms with Gasteiger partial charge < -0.3 is 18.9 Å². The van der Waals surface area contributed by atoms with E-state index in [-0.39, 0.29) is 12.2 Å². The van der Waals surface area contributed by atoms with Crippen molar-refractivity contribution in [2.75, 3.05) is 27.9 Å². The summed E-state index contributed by atoms with van der Waals surface area (Å²) in [4.78, 5) is 31.9. The van der Waals surface area contributed by atoms with E-state index in [4.69, 9.17) is 18.9 Å². The molecule has 0 unspecified atom stereocenters. The maximum Gasteiger partial charge on any atom is 0.338 e. The van der Waals surface area contributed by atoms with Crippen LogP contribution in [0.4, 0.5) is 0 Å². The largest absolute Gasteiger partial charge is 0.496 e. The van der Waals surface area contributed by atoms with Crippen LogP contribution in [-0.4, -0.2) is 38.5 Å². The van der Waals surface area contributed by atoms with Gasteiger partial charge in [-0.25, -0.2) is 9.79 Å². The van der Waals surface area contributed by atoms with Gasteiger partial charge in [0.05, 0.1) is 43.7 Å². The molecule has 1 aromatic heterocycles. The van der Waals surface area contributed by atoms with Gasteiger partial charge in [-0.15, -0.1) is 0 Å². The lowest BCUT2D eigenvalue weighted by molar-refractivity contribution is -0.139. The normalized spacial score (nSPS) is 15.3. The van der Waals surface area contributed by atoms with Crippen molar-refractivity contribution in [3.63, 3.8) is 0 Å². The Morgan fingerprint density at radius 1 is 1.06 bits per heavy atom. The van der Waals surface area contributed by atoms with Crippen LogP contribution < -0.4 is 29.1 Å². The molecule has 2 aromatic carbocycles. The second-order valence-electron chi connectivity index (χ2n) is 7.63. The number of para-hydroxylation sites is 2. The number of carbonyl (C=O) groups is 1. The lowest BCUT2D eigenvalue weighted by Gasteiger charge is -2.25. The fraction of sp³-hybridized carbons (Fsp3) is 0.269. The van der Waals surface area contributed by atoms with Crippen LogP contribution in [0.15, 0.2) is 63.5 Å². The molecule has 8 nitrogen and oxygen atoms in total. The zero-order chi connectivity index (χ0) is 25.1. The van der Waals surface area contributed by atoms with Crippen LogP contribution in [0.2, 0.25) is 0 Å². The Hall–Kier alpha value is -3.85. The summed E-state index contributed by atoms with van der Waals surface area (Å²) < 4.78 is 23.8. The number of benzene rings is 2. The van der Waals surface area contributed by atoms with Gasteiger partial charge in [-0.1, -0.05) is 41.7 Å². The number of hydrogen-bond acceptors (Lipinski definition) is 8. The van der Waals surface area contributed by atoms with Crippen molar-refractivity contribution in [2.24, 2.45) is 4.99 Å². The minimum absolute atomic E-state index is 0.203. The maximum atomic E-state index is 13.8. The Morgan fingerprint density at radius 3 is 2.46 bits per heavy atom. The molecule has 3 aromatic rings. The molecule has 0 radical (unpaired) electrons. The van der Waals surface area contributed by atoms with Gasteiger partial charge in [0.2, 0.25) is 0 Å². The van der Waals surface area contributed by atoms with Gasteiger partial charge in [0.25, 0.3) is 5.56 Å². The molecule has 9 heteroatoms. The van der Waals surface area contributed by atoms with Gasteiger partial charge in [0.1, 0.15) is 11.8 Å². The molecule has 0 bridgehead atoms. The summed E-state index contributed by atoms with van der Waals surface area (Å²) in [5, 5.41) is 0. The number of thiazole rings is 1. The average molecular weight is 495 g/mol. The van der Waals surface area contributed by atoms with Crippen LogP contribution in [-0.2, 0) is 9.53 Å². The fourth-order valence-corrected chi connectivity index (χ4v) is 5.18. The highest BCUT2D eigenvalue weighted by atomic mass is 32.1. The highest BCUT2D eigenvalue weighted by molar-refractivity contribution is 7.07. The zero-order valence-electron chi connectivity index (χ0n) is 20.2. The SMILES string of the molecule is CCOC(=O)C1=C(C)N=c2s/c(=C\c3cccc(OC)c3OC)c(=O)n2[C@@H]1c1ccccc1OC. The number of ether oxygens (including phenoxy) is 4. The second-order valence-corrected chi connectivity index (χ2v) is 8.64. The zero-order valence-corrected chi connectivity index (χ0v) is 21.0. The summed E-state index contributed by atoms with van der Waals surface area (Å²) in [6.45, 7) is 3.69. The van der Waals surface area contributed by atoms with Crippen molar-refractivity contribution < 1.29 is 23.7 Å². The van der Waals surface area contributed by atoms with Crippen molar-refractivity contribution in [3.8, 4) is 17.2 Å². The van der Waals surface area contributed by atoms with Crippen molar-refractivity contribution in [1.82, 2.24) is 4.57 Å². The lowest BCUT2D eigenvalue weighted by Crippen LogP contribution is -2.40. The Bertz CT molecular complexity index is 1480. The average Bonchev–Trinajstić information content (AvgIpc) is 3.17. The van der Waals surface area contributed by atoms with Gasteiger partial charge in [0, 0.05) is 11.1 Å². The Morgan fingerprint density at radius 2 is 1.77 bits per heavy atom. The Balaban J connectivity index is 2.00. The first kappa shape index (κ1) is 24.3. The summed E-state index contributed by atoms with van der Waals surface area (Å²) in [5.74, 6) is 1.11. The van der Waals surface area contributed by atoms with E-state index in [1.165, 1.54) is 15.9 Å². The van der Waals surface area contributed by atoms with Crippen molar-refractivity contribution >= 4 is 23.4 Å². The molecule has 2 heterocycles. The third kappa shape index (κ3) is 4.35. The van der Waals surface area contributed by atoms with Gasteiger partial charge in [-0.2, -0.15) is 0 Å². The highest BCUT2D eigenvalue weighted by Crippen LogP contribution is 2.36. The number of fused-ring (bicyclic) bond motifs is 1. The van der Waals surface area contributed by atoms with Gasteiger partial charge >= 0.3 is 5.97 Å². The number of esters is 1.